The maximum Gasteiger partial charge on any atom is 0.241 e. The molecule has 2 aromatic carbocycles. The van der Waals surface area contributed by atoms with Gasteiger partial charge in [0.1, 0.15) is 13.2 Å². The molecule has 0 atom stereocenters. The number of amides is 1. The topological polar surface area (TPSA) is 59.1 Å². The van der Waals surface area contributed by atoms with E-state index in [2.05, 4.69) is 4.90 Å². The number of fused-ring (bicyclic) bond motifs is 1. The van der Waals surface area contributed by atoms with Gasteiger partial charge < -0.3 is 14.4 Å². The molecule has 1 aromatic heterocycles. The van der Waals surface area contributed by atoms with E-state index in [1.807, 2.05) is 70.9 Å². The van der Waals surface area contributed by atoms with Gasteiger partial charge in [0, 0.05) is 28.1 Å². The minimum absolute atomic E-state index is 0.0220. The molecule has 3 heterocycles. The van der Waals surface area contributed by atoms with Gasteiger partial charge in [-0.05, 0) is 49.5 Å². The molecule has 6 nitrogen and oxygen atoms in total. The third-order valence-electron chi connectivity index (χ3n) is 6.41. The van der Waals surface area contributed by atoms with Crippen molar-refractivity contribution in [1.82, 2.24) is 4.90 Å². The van der Waals surface area contributed by atoms with Crippen LogP contribution in [-0.4, -0.2) is 49.4 Å². The number of anilines is 1. The maximum absolute atomic E-state index is 13.5. The lowest BCUT2D eigenvalue weighted by atomic mass is 9.89. The Hall–Kier alpha value is -3.16. The molecule has 0 unspecified atom stereocenters. The number of benzene rings is 2. The summed E-state index contributed by atoms with van der Waals surface area (Å²) in [6.07, 6.45) is 1.55. The number of rotatable bonds is 7. The number of piperidine rings is 1. The van der Waals surface area contributed by atoms with Crippen LogP contribution in [0.25, 0.3) is 0 Å². The summed E-state index contributed by atoms with van der Waals surface area (Å²) in [6.45, 7) is 3.36. The van der Waals surface area contributed by atoms with E-state index in [0.29, 0.717) is 37.8 Å². The van der Waals surface area contributed by atoms with Crippen molar-refractivity contribution in [3.8, 4) is 11.5 Å². The molecule has 3 aromatic rings. The van der Waals surface area contributed by atoms with E-state index >= 15 is 0 Å². The lowest BCUT2D eigenvalue weighted by Gasteiger charge is -2.33. The molecule has 0 N–H and O–H groups in total. The number of hydrogen-bond donors (Lipinski definition) is 0. The summed E-state index contributed by atoms with van der Waals surface area (Å²) in [4.78, 5) is 31.4. The summed E-state index contributed by atoms with van der Waals surface area (Å²) >= 11 is 1.64. The summed E-state index contributed by atoms with van der Waals surface area (Å²) in [5.74, 6) is 1.66. The molecular formula is C27H28N2O4S. The van der Waals surface area contributed by atoms with Crippen molar-refractivity contribution >= 4 is 28.7 Å². The van der Waals surface area contributed by atoms with Crippen molar-refractivity contribution < 1.29 is 19.1 Å². The zero-order valence-corrected chi connectivity index (χ0v) is 19.8. The number of carbonyl (C=O) groups excluding carboxylic acids is 2. The number of likely N-dealkylation sites (tertiary alicyclic amines) is 1. The normalized spacial score (nSPS) is 16.2. The molecule has 1 fully saturated rings. The van der Waals surface area contributed by atoms with Gasteiger partial charge in [-0.1, -0.05) is 36.4 Å². The third-order valence-corrected chi connectivity index (χ3v) is 7.27. The third kappa shape index (κ3) is 5.16. The standard InChI is InChI=1S/C27H28N2O4S/c30-26(19-28-12-10-21(11-13-28)27(31)20-5-2-1-3-6-20)29(18-23-7-4-16-34-23)22-8-9-24-25(17-22)33-15-14-32-24/h1-9,16-17,21H,10-15,18-19H2. The molecule has 1 saturated heterocycles. The van der Waals surface area contributed by atoms with Crippen LogP contribution in [0.15, 0.2) is 66.0 Å². The van der Waals surface area contributed by atoms with E-state index in [-0.39, 0.29) is 17.6 Å². The Morgan fingerprint density at radius 1 is 0.941 bits per heavy atom. The summed E-state index contributed by atoms with van der Waals surface area (Å²) < 4.78 is 11.4. The van der Waals surface area contributed by atoms with Crippen LogP contribution < -0.4 is 14.4 Å². The number of ketones is 1. The molecule has 7 heteroatoms. The Morgan fingerprint density at radius 3 is 2.44 bits per heavy atom. The Labute approximate surface area is 203 Å². The van der Waals surface area contributed by atoms with E-state index in [1.54, 1.807) is 11.3 Å². The SMILES string of the molecule is O=C(c1ccccc1)C1CCN(CC(=O)N(Cc2cccs2)c2ccc3c(c2)OCCO3)CC1. The fourth-order valence-corrected chi connectivity index (χ4v) is 5.24. The van der Waals surface area contributed by atoms with Crippen molar-refractivity contribution in [3.63, 3.8) is 0 Å². The van der Waals surface area contributed by atoms with Crippen LogP contribution in [0.5, 0.6) is 11.5 Å². The lowest BCUT2D eigenvalue weighted by molar-refractivity contribution is -0.120. The Bertz CT molecular complexity index is 1120. The van der Waals surface area contributed by atoms with Crippen LogP contribution in [0.4, 0.5) is 5.69 Å². The molecule has 2 aliphatic heterocycles. The summed E-state index contributed by atoms with van der Waals surface area (Å²) in [5.41, 5.74) is 1.58. The van der Waals surface area contributed by atoms with Crippen LogP contribution in [0.2, 0.25) is 0 Å². The minimum atomic E-state index is 0.0220. The fourth-order valence-electron chi connectivity index (χ4n) is 4.55. The van der Waals surface area contributed by atoms with Crippen molar-refractivity contribution in [2.24, 2.45) is 5.92 Å². The Balaban J connectivity index is 1.25. The second-order valence-electron chi connectivity index (χ2n) is 8.67. The summed E-state index contributed by atoms with van der Waals surface area (Å²) in [6, 6.07) is 19.2. The molecule has 0 saturated carbocycles. The van der Waals surface area contributed by atoms with Gasteiger partial charge >= 0.3 is 0 Å². The molecule has 176 valence electrons. The number of hydrogen-bond acceptors (Lipinski definition) is 6. The number of ether oxygens (including phenoxy) is 2. The van der Waals surface area contributed by atoms with E-state index in [0.717, 1.165) is 42.1 Å². The largest absolute Gasteiger partial charge is 0.486 e. The highest BCUT2D eigenvalue weighted by molar-refractivity contribution is 7.09. The van der Waals surface area contributed by atoms with Gasteiger partial charge in [0.25, 0.3) is 0 Å². The fraction of sp³-hybridized carbons (Fsp3) is 0.333. The average Bonchev–Trinajstić information content (AvgIpc) is 3.41. The molecule has 34 heavy (non-hydrogen) atoms. The van der Waals surface area contributed by atoms with Crippen LogP contribution in [0.1, 0.15) is 28.1 Å². The zero-order valence-electron chi connectivity index (χ0n) is 19.0. The van der Waals surface area contributed by atoms with Crippen molar-refractivity contribution in [3.05, 3.63) is 76.5 Å². The van der Waals surface area contributed by atoms with Gasteiger partial charge in [0.15, 0.2) is 17.3 Å². The van der Waals surface area contributed by atoms with Crippen molar-refractivity contribution in [2.45, 2.75) is 19.4 Å². The van der Waals surface area contributed by atoms with Gasteiger partial charge in [0.05, 0.1) is 13.1 Å². The highest BCUT2D eigenvalue weighted by Crippen LogP contribution is 2.35. The number of nitrogens with zero attached hydrogens (tertiary/aromatic N) is 2. The molecular weight excluding hydrogens is 448 g/mol. The molecule has 5 rings (SSSR count). The molecule has 0 radical (unpaired) electrons. The first-order valence-electron chi connectivity index (χ1n) is 11.7. The molecule has 0 aliphatic carbocycles. The van der Waals surface area contributed by atoms with Crippen LogP contribution in [0, 0.1) is 5.92 Å². The molecule has 2 aliphatic rings. The number of Topliss-reactive ketones (excluding diaryl/α,β-unsaturated/α-hetero) is 1. The van der Waals surface area contributed by atoms with Crippen LogP contribution in [-0.2, 0) is 11.3 Å². The first kappa shape index (κ1) is 22.6. The highest BCUT2D eigenvalue weighted by atomic mass is 32.1. The monoisotopic (exact) mass is 476 g/mol. The van der Waals surface area contributed by atoms with Crippen LogP contribution in [0.3, 0.4) is 0 Å². The first-order chi connectivity index (χ1) is 16.7. The zero-order chi connectivity index (χ0) is 23.3. The van der Waals surface area contributed by atoms with Gasteiger partial charge in [-0.15, -0.1) is 11.3 Å². The van der Waals surface area contributed by atoms with E-state index in [4.69, 9.17) is 9.47 Å². The van der Waals surface area contributed by atoms with E-state index in [9.17, 15) is 9.59 Å². The van der Waals surface area contributed by atoms with Crippen molar-refractivity contribution in [1.29, 1.82) is 0 Å². The Morgan fingerprint density at radius 2 is 1.71 bits per heavy atom. The maximum atomic E-state index is 13.5. The summed E-state index contributed by atoms with van der Waals surface area (Å²) in [5, 5.41) is 2.02. The minimum Gasteiger partial charge on any atom is -0.486 e. The highest BCUT2D eigenvalue weighted by Gasteiger charge is 2.28. The Kier molecular flexibility index (Phi) is 6.92. The molecule has 1 amide bonds. The summed E-state index contributed by atoms with van der Waals surface area (Å²) in [7, 11) is 0. The quantitative estimate of drug-likeness (QED) is 0.465. The number of thiophene rings is 1. The predicted molar refractivity (Wildman–Crippen MR) is 133 cm³/mol. The smallest absolute Gasteiger partial charge is 0.241 e. The van der Waals surface area contributed by atoms with Gasteiger partial charge in [-0.3, -0.25) is 14.5 Å². The van der Waals surface area contributed by atoms with E-state index in [1.165, 1.54) is 0 Å². The predicted octanol–water partition coefficient (Wildman–Crippen LogP) is 4.65. The second kappa shape index (κ2) is 10.4. The van der Waals surface area contributed by atoms with E-state index < -0.39 is 0 Å². The van der Waals surface area contributed by atoms with Gasteiger partial charge in [-0.25, -0.2) is 0 Å². The first-order valence-corrected chi connectivity index (χ1v) is 12.6. The van der Waals surface area contributed by atoms with Crippen LogP contribution >= 0.6 is 11.3 Å². The molecule has 0 bridgehead atoms. The van der Waals surface area contributed by atoms with Gasteiger partial charge in [-0.2, -0.15) is 0 Å². The second-order valence-corrected chi connectivity index (χ2v) is 9.70. The van der Waals surface area contributed by atoms with Gasteiger partial charge in [0.2, 0.25) is 5.91 Å². The lowest BCUT2D eigenvalue weighted by Crippen LogP contribution is -2.44. The average molecular weight is 477 g/mol. The van der Waals surface area contributed by atoms with Crippen molar-refractivity contribution in [2.75, 3.05) is 37.7 Å². The number of carbonyl (C=O) groups is 2. The molecule has 0 spiro atoms.